The molecule has 0 unspecified atom stereocenters. The van der Waals surface area contributed by atoms with Gasteiger partial charge in [-0.25, -0.2) is 4.79 Å². The third kappa shape index (κ3) is 4.21. The number of rotatable bonds is 2. The Hall–Kier alpha value is -2.31. The fraction of sp³-hybridized carbons (Fsp3) is 0.611. The minimum atomic E-state index is -0.549. The maximum Gasteiger partial charge on any atom is 0.410 e. The van der Waals surface area contributed by atoms with Crippen LogP contribution in [0.25, 0.3) is 5.57 Å². The minimum absolute atomic E-state index is 0.164. The second-order valence-electron chi connectivity index (χ2n) is 7.63. The molecule has 0 bridgehead atoms. The lowest BCUT2D eigenvalue weighted by atomic mass is 10.0. The van der Waals surface area contributed by atoms with E-state index < -0.39 is 5.60 Å². The lowest BCUT2D eigenvalue weighted by Crippen LogP contribution is -2.36. The molecule has 2 heterocycles. The van der Waals surface area contributed by atoms with Crippen LogP contribution in [-0.2, 0) is 17.8 Å². The van der Waals surface area contributed by atoms with E-state index in [2.05, 4.69) is 11.7 Å². The van der Waals surface area contributed by atoms with E-state index in [0.717, 1.165) is 23.3 Å². The Morgan fingerprint density at radius 3 is 2.40 bits per heavy atom. The molecule has 0 saturated carbocycles. The second-order valence-corrected chi connectivity index (χ2v) is 7.63. The van der Waals surface area contributed by atoms with E-state index in [1.807, 2.05) is 32.4 Å². The molecule has 1 aromatic heterocycles. The lowest BCUT2D eigenvalue weighted by molar-refractivity contribution is 0.0236. The van der Waals surface area contributed by atoms with Crippen molar-refractivity contribution in [2.75, 3.05) is 20.6 Å². The molecule has 0 fully saturated rings. The van der Waals surface area contributed by atoms with Gasteiger partial charge in [-0.05, 0) is 39.7 Å². The van der Waals surface area contributed by atoms with E-state index in [4.69, 9.17) is 4.74 Å². The van der Waals surface area contributed by atoms with E-state index in [1.165, 1.54) is 4.90 Å². The van der Waals surface area contributed by atoms with E-state index >= 15 is 0 Å². The number of hydrogen-bond acceptors (Lipinski definition) is 4. The molecule has 1 aliphatic heterocycles. The van der Waals surface area contributed by atoms with Crippen LogP contribution < -0.4 is 0 Å². The fourth-order valence-electron chi connectivity index (χ4n) is 2.81. The van der Waals surface area contributed by atoms with Gasteiger partial charge in [-0.3, -0.25) is 9.48 Å². The normalized spacial score (nSPS) is 14.6. The number of ether oxygens (including phenoxy) is 1. The highest BCUT2D eigenvalue weighted by Gasteiger charge is 2.30. The molecule has 1 aliphatic rings. The standard InChI is InChI=1S/C18H28N4O3/c1-12(2)14-13-11-21(17(24)25-18(3,4)5)9-8-10-22(13)19-15(14)16(23)20(6)7/h1,8-11H2,2-7H3. The Morgan fingerprint density at radius 2 is 1.88 bits per heavy atom. The molecule has 0 N–H and O–H groups in total. The molecule has 2 rings (SSSR count). The Balaban J connectivity index is 2.41. The van der Waals surface area contributed by atoms with Gasteiger partial charge in [0.2, 0.25) is 0 Å². The Morgan fingerprint density at radius 1 is 1.24 bits per heavy atom. The van der Waals surface area contributed by atoms with Crippen LogP contribution >= 0.6 is 0 Å². The van der Waals surface area contributed by atoms with Crippen molar-refractivity contribution in [3.05, 3.63) is 23.5 Å². The number of allylic oxidation sites excluding steroid dienone is 1. The molecule has 2 amide bonds. The predicted molar refractivity (Wildman–Crippen MR) is 96.2 cm³/mol. The van der Waals surface area contributed by atoms with Gasteiger partial charge in [0, 0.05) is 32.7 Å². The molecule has 0 saturated heterocycles. The minimum Gasteiger partial charge on any atom is -0.444 e. The van der Waals surface area contributed by atoms with Gasteiger partial charge < -0.3 is 14.5 Å². The van der Waals surface area contributed by atoms with Crippen LogP contribution in [-0.4, -0.2) is 57.8 Å². The van der Waals surface area contributed by atoms with Crippen LogP contribution in [0.2, 0.25) is 0 Å². The van der Waals surface area contributed by atoms with Gasteiger partial charge in [-0.15, -0.1) is 0 Å². The van der Waals surface area contributed by atoms with Crippen molar-refractivity contribution in [1.29, 1.82) is 0 Å². The highest BCUT2D eigenvalue weighted by Crippen LogP contribution is 2.27. The van der Waals surface area contributed by atoms with Gasteiger partial charge in [-0.2, -0.15) is 5.10 Å². The third-order valence-electron chi connectivity index (χ3n) is 3.88. The third-order valence-corrected chi connectivity index (χ3v) is 3.88. The summed E-state index contributed by atoms with van der Waals surface area (Å²) in [5.74, 6) is -0.164. The number of aryl methyl sites for hydroxylation is 1. The van der Waals surface area contributed by atoms with Gasteiger partial charge in [0.05, 0.1) is 12.2 Å². The summed E-state index contributed by atoms with van der Waals surface area (Å²) in [4.78, 5) is 28.1. The van der Waals surface area contributed by atoms with E-state index in [9.17, 15) is 9.59 Å². The maximum absolute atomic E-state index is 12.5. The van der Waals surface area contributed by atoms with Gasteiger partial charge in [0.25, 0.3) is 5.91 Å². The van der Waals surface area contributed by atoms with Gasteiger partial charge in [0.1, 0.15) is 5.60 Å². The topological polar surface area (TPSA) is 67.7 Å². The first kappa shape index (κ1) is 19.0. The van der Waals surface area contributed by atoms with Crippen LogP contribution in [0.5, 0.6) is 0 Å². The van der Waals surface area contributed by atoms with Crippen LogP contribution in [0.3, 0.4) is 0 Å². The maximum atomic E-state index is 12.5. The molecule has 0 radical (unpaired) electrons. The lowest BCUT2D eigenvalue weighted by Gasteiger charge is -2.26. The van der Waals surface area contributed by atoms with Crippen LogP contribution in [0.4, 0.5) is 4.79 Å². The molecule has 0 aliphatic carbocycles. The van der Waals surface area contributed by atoms with Crippen LogP contribution in [0.15, 0.2) is 6.58 Å². The van der Waals surface area contributed by atoms with Gasteiger partial charge in [0.15, 0.2) is 5.69 Å². The zero-order valence-electron chi connectivity index (χ0n) is 16.0. The SMILES string of the molecule is C=C(C)c1c(C(=O)N(C)C)nn2c1CN(C(=O)OC(C)(C)C)CCC2. The van der Waals surface area contributed by atoms with Crippen LogP contribution in [0.1, 0.15) is 55.9 Å². The highest BCUT2D eigenvalue weighted by atomic mass is 16.6. The molecular formula is C18H28N4O3. The summed E-state index contributed by atoms with van der Waals surface area (Å²) in [7, 11) is 3.39. The Bertz CT molecular complexity index is 698. The van der Waals surface area contributed by atoms with Crippen molar-refractivity contribution < 1.29 is 14.3 Å². The molecular weight excluding hydrogens is 320 g/mol. The monoisotopic (exact) mass is 348 g/mol. The summed E-state index contributed by atoms with van der Waals surface area (Å²) >= 11 is 0. The number of carbonyl (C=O) groups is 2. The first-order valence-electron chi connectivity index (χ1n) is 8.46. The average Bonchev–Trinajstić information content (AvgIpc) is 2.69. The zero-order valence-corrected chi connectivity index (χ0v) is 16.0. The van der Waals surface area contributed by atoms with Crippen molar-refractivity contribution >= 4 is 17.6 Å². The number of amides is 2. The predicted octanol–water partition coefficient (Wildman–Crippen LogP) is 2.76. The molecule has 138 valence electrons. The van der Waals surface area contributed by atoms with E-state index in [-0.39, 0.29) is 12.0 Å². The fourth-order valence-corrected chi connectivity index (χ4v) is 2.81. The van der Waals surface area contributed by atoms with E-state index in [1.54, 1.807) is 19.0 Å². The summed E-state index contributed by atoms with van der Waals surface area (Å²) < 4.78 is 7.32. The molecule has 0 atom stereocenters. The number of hydrogen-bond donors (Lipinski definition) is 0. The summed E-state index contributed by atoms with van der Waals surface area (Å²) in [6, 6.07) is 0. The molecule has 7 nitrogen and oxygen atoms in total. The Kier molecular flexibility index (Phi) is 5.25. The molecule has 0 aromatic carbocycles. The Labute approximate surface area is 149 Å². The first-order chi connectivity index (χ1) is 11.5. The summed E-state index contributed by atoms with van der Waals surface area (Å²) in [6.07, 6.45) is 0.398. The summed E-state index contributed by atoms with van der Waals surface area (Å²) in [5, 5.41) is 4.51. The van der Waals surface area contributed by atoms with Crippen LogP contribution in [0, 0.1) is 0 Å². The van der Waals surface area contributed by atoms with Gasteiger partial charge >= 0.3 is 6.09 Å². The number of nitrogens with zero attached hydrogens (tertiary/aromatic N) is 4. The molecule has 0 spiro atoms. The van der Waals surface area contributed by atoms with Crippen molar-refractivity contribution in [2.45, 2.75) is 52.8 Å². The molecule has 1 aromatic rings. The number of fused-ring (bicyclic) bond motifs is 1. The molecule has 25 heavy (non-hydrogen) atoms. The van der Waals surface area contributed by atoms with Crippen molar-refractivity contribution in [3.63, 3.8) is 0 Å². The quantitative estimate of drug-likeness (QED) is 0.824. The highest BCUT2D eigenvalue weighted by molar-refractivity contribution is 5.97. The summed E-state index contributed by atoms with van der Waals surface area (Å²) in [5.41, 5.74) is 2.17. The summed E-state index contributed by atoms with van der Waals surface area (Å²) in [6.45, 7) is 13.0. The average molecular weight is 348 g/mol. The molecule has 7 heteroatoms. The van der Waals surface area contributed by atoms with Crippen molar-refractivity contribution in [1.82, 2.24) is 19.6 Å². The zero-order chi connectivity index (χ0) is 18.9. The van der Waals surface area contributed by atoms with E-state index in [0.29, 0.717) is 25.3 Å². The number of aromatic nitrogens is 2. The second kappa shape index (κ2) is 6.90. The first-order valence-corrected chi connectivity index (χ1v) is 8.46. The van der Waals surface area contributed by atoms with Crippen molar-refractivity contribution in [2.24, 2.45) is 0 Å². The largest absolute Gasteiger partial charge is 0.444 e. The number of carbonyl (C=O) groups excluding carboxylic acids is 2. The smallest absolute Gasteiger partial charge is 0.410 e. The van der Waals surface area contributed by atoms with Crippen molar-refractivity contribution in [3.8, 4) is 0 Å². The van der Waals surface area contributed by atoms with Gasteiger partial charge in [-0.1, -0.05) is 6.58 Å².